The van der Waals surface area contributed by atoms with Crippen molar-refractivity contribution < 1.29 is 9.59 Å². The Bertz CT molecular complexity index is 1300. The van der Waals surface area contributed by atoms with Crippen molar-refractivity contribution in [2.75, 3.05) is 0 Å². The Balaban J connectivity index is 1.89. The van der Waals surface area contributed by atoms with E-state index in [4.69, 9.17) is 11.6 Å². The second-order valence-electron chi connectivity index (χ2n) is 7.24. The number of carbonyl (C=O) groups excluding carboxylic acids is 2. The summed E-state index contributed by atoms with van der Waals surface area (Å²) >= 11 is 6.04. The summed E-state index contributed by atoms with van der Waals surface area (Å²) in [6, 6.07) is 24.5. The van der Waals surface area contributed by atoms with Gasteiger partial charge in [0.15, 0.2) is 5.78 Å². The zero-order chi connectivity index (χ0) is 21.8. The van der Waals surface area contributed by atoms with Crippen molar-refractivity contribution in [3.8, 4) is 0 Å². The minimum absolute atomic E-state index is 0.0413. The first-order valence-electron chi connectivity index (χ1n) is 10.1. The zero-order valence-electron chi connectivity index (χ0n) is 17.2. The zero-order valence-corrected chi connectivity index (χ0v) is 17.9. The maximum Gasteiger partial charge on any atom is 0.248 e. The van der Waals surface area contributed by atoms with Crippen molar-refractivity contribution in [1.29, 1.82) is 0 Å². The Morgan fingerprint density at radius 2 is 1.45 bits per heavy atom. The molecule has 0 fully saturated rings. The minimum atomic E-state index is -0.235. The molecule has 1 aromatic heterocycles. The number of hydrogen-bond donors (Lipinski definition) is 0. The van der Waals surface area contributed by atoms with Crippen LogP contribution in [0.25, 0.3) is 11.0 Å². The molecule has 0 spiro atoms. The molecule has 0 unspecified atom stereocenters. The number of hydrogen-bond acceptors (Lipinski definition) is 2. The van der Waals surface area contributed by atoms with Gasteiger partial charge in [0.2, 0.25) is 11.5 Å². The van der Waals surface area contributed by atoms with Crippen molar-refractivity contribution >= 4 is 34.3 Å². The molecule has 0 atom stereocenters. The second-order valence-corrected chi connectivity index (χ2v) is 7.67. The Labute approximate surface area is 185 Å². The molecule has 1 heterocycles. The lowest BCUT2D eigenvalue weighted by Gasteiger charge is -2.07. The summed E-state index contributed by atoms with van der Waals surface area (Å²) in [6.45, 7) is 2.37. The molecule has 4 aromatic rings. The predicted octanol–water partition coefficient (Wildman–Crippen LogP) is 4.86. The van der Waals surface area contributed by atoms with E-state index in [1.807, 2.05) is 75.9 Å². The van der Waals surface area contributed by atoms with Crippen LogP contribution in [-0.2, 0) is 17.9 Å². The minimum Gasteiger partial charge on any atom is -0.305 e. The highest BCUT2D eigenvalue weighted by Crippen LogP contribution is 2.17. The molecule has 4 rings (SSSR count). The van der Waals surface area contributed by atoms with Crippen LogP contribution in [-0.4, -0.2) is 20.8 Å². The van der Waals surface area contributed by atoms with Gasteiger partial charge in [-0.2, -0.15) is 4.99 Å². The van der Waals surface area contributed by atoms with Gasteiger partial charge in [-0.3, -0.25) is 9.59 Å². The molecule has 0 radical (unpaired) electrons. The van der Waals surface area contributed by atoms with Crippen LogP contribution in [0.2, 0.25) is 5.02 Å². The summed E-state index contributed by atoms with van der Waals surface area (Å²) in [7, 11) is 0. The van der Waals surface area contributed by atoms with Gasteiger partial charge in [-0.15, -0.1) is 0 Å². The van der Waals surface area contributed by atoms with Gasteiger partial charge in [0.1, 0.15) is 0 Å². The van der Waals surface area contributed by atoms with E-state index in [1.54, 1.807) is 19.1 Å². The van der Waals surface area contributed by atoms with Crippen LogP contribution in [0.1, 0.15) is 29.3 Å². The Kier molecular flexibility index (Phi) is 6.14. The van der Waals surface area contributed by atoms with Crippen molar-refractivity contribution in [1.82, 2.24) is 9.13 Å². The molecule has 3 aromatic carbocycles. The molecule has 0 N–H and O–H groups in total. The maximum absolute atomic E-state index is 13.0. The van der Waals surface area contributed by atoms with Gasteiger partial charge in [0.05, 0.1) is 24.1 Å². The van der Waals surface area contributed by atoms with Crippen molar-refractivity contribution in [3.05, 3.63) is 101 Å². The lowest BCUT2D eigenvalue weighted by atomic mass is 10.1. The summed E-state index contributed by atoms with van der Waals surface area (Å²) in [4.78, 5) is 29.7. The third kappa shape index (κ3) is 4.52. The van der Waals surface area contributed by atoms with Crippen LogP contribution < -0.4 is 5.62 Å². The average molecular weight is 432 g/mol. The molecule has 0 bridgehead atoms. The fourth-order valence-corrected chi connectivity index (χ4v) is 3.66. The number of imidazole rings is 1. The van der Waals surface area contributed by atoms with Gasteiger partial charge in [-0.05, 0) is 29.8 Å². The second kappa shape index (κ2) is 9.14. The topological polar surface area (TPSA) is 56.4 Å². The summed E-state index contributed by atoms with van der Waals surface area (Å²) in [5.74, 6) is -0.276. The van der Waals surface area contributed by atoms with Gasteiger partial charge >= 0.3 is 0 Å². The molecule has 0 aliphatic heterocycles. The van der Waals surface area contributed by atoms with Crippen molar-refractivity contribution in [3.63, 3.8) is 0 Å². The maximum atomic E-state index is 13.0. The first-order chi connectivity index (χ1) is 15.1. The first kappa shape index (κ1) is 20.8. The molecule has 5 nitrogen and oxygen atoms in total. The van der Waals surface area contributed by atoms with Crippen LogP contribution in [0.15, 0.2) is 83.9 Å². The van der Waals surface area contributed by atoms with Crippen LogP contribution in [0, 0.1) is 0 Å². The van der Waals surface area contributed by atoms with E-state index in [-0.39, 0.29) is 24.7 Å². The number of rotatable bonds is 6. The number of aromatic nitrogens is 2. The SMILES string of the molecule is CCC(=O)N=c1n(CC(=O)c2ccccc2)c2ccccc2n1Cc1ccc(Cl)cc1. The van der Waals surface area contributed by atoms with Gasteiger partial charge in [-0.1, -0.05) is 73.1 Å². The molecule has 0 saturated carbocycles. The van der Waals surface area contributed by atoms with E-state index in [2.05, 4.69) is 4.99 Å². The molecule has 0 aliphatic rings. The summed E-state index contributed by atoms with van der Waals surface area (Å²) in [6.07, 6.45) is 0.287. The van der Waals surface area contributed by atoms with E-state index in [1.165, 1.54) is 0 Å². The number of benzene rings is 3. The Morgan fingerprint density at radius 1 is 0.839 bits per heavy atom. The number of carbonyl (C=O) groups is 2. The summed E-state index contributed by atoms with van der Waals surface area (Å²) in [5, 5.41) is 0.663. The number of para-hydroxylation sites is 2. The van der Waals surface area contributed by atoms with Crippen LogP contribution in [0.5, 0.6) is 0 Å². The molecule has 0 saturated heterocycles. The molecule has 1 amide bonds. The monoisotopic (exact) mass is 431 g/mol. The lowest BCUT2D eigenvalue weighted by Crippen LogP contribution is -2.30. The molecular weight excluding hydrogens is 410 g/mol. The largest absolute Gasteiger partial charge is 0.305 e. The van der Waals surface area contributed by atoms with Crippen molar-refractivity contribution in [2.24, 2.45) is 4.99 Å². The van der Waals surface area contributed by atoms with Crippen LogP contribution >= 0.6 is 11.6 Å². The van der Waals surface area contributed by atoms with E-state index >= 15 is 0 Å². The number of ketones is 1. The fourth-order valence-electron chi connectivity index (χ4n) is 3.54. The van der Waals surface area contributed by atoms with Crippen LogP contribution in [0.3, 0.4) is 0 Å². The van der Waals surface area contributed by atoms with Gasteiger partial charge in [0.25, 0.3) is 0 Å². The smallest absolute Gasteiger partial charge is 0.248 e. The molecule has 0 aliphatic carbocycles. The first-order valence-corrected chi connectivity index (χ1v) is 10.5. The third-order valence-electron chi connectivity index (χ3n) is 5.12. The lowest BCUT2D eigenvalue weighted by molar-refractivity contribution is -0.117. The number of nitrogens with zero attached hydrogens (tertiary/aromatic N) is 3. The number of halogens is 1. The number of fused-ring (bicyclic) bond motifs is 1. The Hall–Kier alpha value is -3.44. The van der Waals surface area contributed by atoms with E-state index in [0.717, 1.165) is 16.6 Å². The Morgan fingerprint density at radius 3 is 2.10 bits per heavy atom. The molecule has 31 heavy (non-hydrogen) atoms. The van der Waals surface area contributed by atoms with E-state index in [0.29, 0.717) is 22.7 Å². The third-order valence-corrected chi connectivity index (χ3v) is 5.38. The quantitative estimate of drug-likeness (QED) is 0.409. The normalized spacial score (nSPS) is 11.7. The number of Topliss-reactive ketones (excluding diaryl/α,β-unsaturated/α-hetero) is 1. The van der Waals surface area contributed by atoms with E-state index < -0.39 is 0 Å². The van der Waals surface area contributed by atoms with Crippen LogP contribution in [0.4, 0.5) is 0 Å². The van der Waals surface area contributed by atoms with Gasteiger partial charge in [-0.25, -0.2) is 0 Å². The highest BCUT2D eigenvalue weighted by Gasteiger charge is 2.16. The number of amides is 1. The summed E-state index contributed by atoms with van der Waals surface area (Å²) < 4.78 is 3.80. The van der Waals surface area contributed by atoms with Gasteiger partial charge < -0.3 is 9.13 Å². The van der Waals surface area contributed by atoms with E-state index in [9.17, 15) is 9.59 Å². The van der Waals surface area contributed by atoms with Crippen molar-refractivity contribution in [2.45, 2.75) is 26.4 Å². The molecular formula is C25H22ClN3O2. The molecule has 156 valence electrons. The standard InChI is InChI=1S/C25H22ClN3O2/c1-2-24(31)27-25-28(16-18-12-14-20(26)15-13-18)21-10-6-7-11-22(21)29(25)17-23(30)19-8-4-3-5-9-19/h3-15H,2,16-17H2,1H3. The molecule has 6 heteroatoms. The highest BCUT2D eigenvalue weighted by atomic mass is 35.5. The predicted molar refractivity (Wildman–Crippen MR) is 122 cm³/mol. The van der Waals surface area contributed by atoms with Gasteiger partial charge in [0, 0.05) is 17.0 Å². The fraction of sp³-hybridized carbons (Fsp3) is 0.160. The summed E-state index contributed by atoms with van der Waals surface area (Å²) in [5.41, 5.74) is 3.86. The highest BCUT2D eigenvalue weighted by molar-refractivity contribution is 6.30. The average Bonchev–Trinajstić information content (AvgIpc) is 3.08.